The molecule has 3 rings (SSSR count). The fourth-order valence-corrected chi connectivity index (χ4v) is 3.36. The van der Waals surface area contributed by atoms with Crippen molar-refractivity contribution in [3.8, 4) is 11.5 Å². The van der Waals surface area contributed by atoms with Gasteiger partial charge in [-0.25, -0.2) is 19.9 Å². The molecule has 3 heterocycles. The van der Waals surface area contributed by atoms with Gasteiger partial charge in [0.15, 0.2) is 22.8 Å². The van der Waals surface area contributed by atoms with Crippen LogP contribution < -0.4 is 11.3 Å². The SMILES string of the molecule is Cn1c(-c2nc3c(N)ncnc3n2CC(C)(C)C)cnc1P(=O)(O)O. The second-order valence-corrected chi connectivity index (χ2v) is 8.55. The molecule has 0 amide bonds. The second-order valence-electron chi connectivity index (χ2n) is 7.06. The molecule has 0 aromatic carbocycles. The van der Waals surface area contributed by atoms with E-state index in [-0.39, 0.29) is 16.8 Å². The van der Waals surface area contributed by atoms with Crippen molar-refractivity contribution in [2.45, 2.75) is 27.3 Å². The molecule has 0 fully saturated rings. The Labute approximate surface area is 143 Å². The maximum absolute atomic E-state index is 11.6. The van der Waals surface area contributed by atoms with Crippen LogP contribution in [0, 0.1) is 5.41 Å². The highest BCUT2D eigenvalue weighted by atomic mass is 31.2. The van der Waals surface area contributed by atoms with Gasteiger partial charge in [0.1, 0.15) is 12.0 Å². The van der Waals surface area contributed by atoms with Crippen molar-refractivity contribution in [3.63, 3.8) is 0 Å². The van der Waals surface area contributed by atoms with E-state index in [0.717, 1.165) is 0 Å². The third kappa shape index (κ3) is 3.15. The van der Waals surface area contributed by atoms with E-state index in [0.29, 0.717) is 29.2 Å². The summed E-state index contributed by atoms with van der Waals surface area (Å²) in [4.78, 5) is 35.5. The topological polar surface area (TPSA) is 145 Å². The van der Waals surface area contributed by atoms with Crippen LogP contribution in [0.1, 0.15) is 20.8 Å². The van der Waals surface area contributed by atoms with E-state index >= 15 is 0 Å². The molecule has 3 aromatic heterocycles. The van der Waals surface area contributed by atoms with Crippen molar-refractivity contribution in [2.24, 2.45) is 12.5 Å². The smallest absolute Gasteiger partial charge is 0.382 e. The predicted molar refractivity (Wildman–Crippen MR) is 93.1 cm³/mol. The van der Waals surface area contributed by atoms with E-state index in [9.17, 15) is 14.4 Å². The fraction of sp³-hybridized carbons (Fsp3) is 0.429. The molecule has 3 aromatic rings. The van der Waals surface area contributed by atoms with Crippen LogP contribution in [0.3, 0.4) is 0 Å². The third-order valence-electron chi connectivity index (χ3n) is 3.65. The normalized spacial score (nSPS) is 12.9. The van der Waals surface area contributed by atoms with Crippen molar-refractivity contribution in [1.82, 2.24) is 29.1 Å². The van der Waals surface area contributed by atoms with E-state index in [1.165, 1.54) is 24.1 Å². The average molecular weight is 365 g/mol. The molecule has 25 heavy (non-hydrogen) atoms. The zero-order chi connectivity index (χ0) is 18.6. The summed E-state index contributed by atoms with van der Waals surface area (Å²) in [6, 6.07) is 0. The summed E-state index contributed by atoms with van der Waals surface area (Å²) < 4.78 is 14.8. The molecule has 0 atom stereocenters. The molecule has 11 heteroatoms. The number of fused-ring (bicyclic) bond motifs is 1. The molecule has 0 radical (unpaired) electrons. The lowest BCUT2D eigenvalue weighted by Gasteiger charge is -2.21. The summed E-state index contributed by atoms with van der Waals surface area (Å²) in [6.45, 7) is 6.78. The monoisotopic (exact) mass is 365 g/mol. The molecule has 134 valence electrons. The molecule has 4 N–H and O–H groups in total. The Morgan fingerprint density at radius 1 is 1.24 bits per heavy atom. The number of nitrogens with two attached hydrogens (primary N) is 1. The summed E-state index contributed by atoms with van der Waals surface area (Å²) in [7, 11) is -2.96. The largest absolute Gasteiger partial charge is 0.391 e. The Balaban J connectivity index is 2.30. The van der Waals surface area contributed by atoms with Crippen LogP contribution >= 0.6 is 7.60 Å². The van der Waals surface area contributed by atoms with Crippen LogP contribution in [-0.4, -0.2) is 38.9 Å². The molecule has 0 unspecified atom stereocenters. The van der Waals surface area contributed by atoms with Crippen LogP contribution in [0.25, 0.3) is 22.7 Å². The minimum atomic E-state index is -4.49. The highest BCUT2D eigenvalue weighted by molar-refractivity contribution is 7.59. The van der Waals surface area contributed by atoms with Gasteiger partial charge >= 0.3 is 7.60 Å². The van der Waals surface area contributed by atoms with Crippen molar-refractivity contribution in [2.75, 3.05) is 5.73 Å². The molecule has 10 nitrogen and oxygen atoms in total. The van der Waals surface area contributed by atoms with Crippen molar-refractivity contribution in [3.05, 3.63) is 12.5 Å². The van der Waals surface area contributed by atoms with Gasteiger partial charge in [0.05, 0.1) is 6.20 Å². The molecular weight excluding hydrogens is 345 g/mol. The molecule has 0 spiro atoms. The Morgan fingerprint density at radius 2 is 1.92 bits per heavy atom. The maximum atomic E-state index is 11.6. The first-order valence-electron chi connectivity index (χ1n) is 7.54. The number of rotatable bonds is 3. The minimum Gasteiger partial charge on any atom is -0.382 e. The number of nitrogen functional groups attached to an aromatic ring is 1. The Bertz CT molecular complexity index is 996. The van der Waals surface area contributed by atoms with E-state index in [4.69, 9.17) is 5.73 Å². The van der Waals surface area contributed by atoms with Gasteiger partial charge in [0, 0.05) is 13.6 Å². The van der Waals surface area contributed by atoms with Crippen LogP contribution in [0.4, 0.5) is 5.82 Å². The van der Waals surface area contributed by atoms with Gasteiger partial charge < -0.3 is 24.7 Å². The van der Waals surface area contributed by atoms with Gasteiger partial charge in [0.2, 0.25) is 5.57 Å². The maximum Gasteiger partial charge on any atom is 0.391 e. The number of aromatic nitrogens is 6. The summed E-state index contributed by atoms with van der Waals surface area (Å²) in [5, 5.41) is 0. The molecule has 0 aliphatic heterocycles. The van der Waals surface area contributed by atoms with E-state index in [1.807, 2.05) is 4.57 Å². The number of nitrogens with zero attached hydrogens (tertiary/aromatic N) is 6. The first-order chi connectivity index (χ1) is 11.5. The first kappa shape index (κ1) is 17.5. The fourth-order valence-electron chi connectivity index (χ4n) is 2.65. The van der Waals surface area contributed by atoms with Gasteiger partial charge in [-0.2, -0.15) is 0 Å². The lowest BCUT2D eigenvalue weighted by molar-refractivity contribution is 0.349. The van der Waals surface area contributed by atoms with Gasteiger partial charge in [0.25, 0.3) is 0 Å². The zero-order valence-electron chi connectivity index (χ0n) is 14.4. The van der Waals surface area contributed by atoms with E-state index in [2.05, 4.69) is 40.7 Å². The highest BCUT2D eigenvalue weighted by Gasteiger charge is 2.28. The Kier molecular flexibility index (Phi) is 3.94. The lowest BCUT2D eigenvalue weighted by atomic mass is 9.97. The van der Waals surface area contributed by atoms with Crippen molar-refractivity contribution >= 4 is 30.1 Å². The van der Waals surface area contributed by atoms with Gasteiger partial charge in [-0.1, -0.05) is 20.8 Å². The zero-order valence-corrected chi connectivity index (χ0v) is 15.3. The predicted octanol–water partition coefficient (Wildman–Crippen LogP) is 0.658. The van der Waals surface area contributed by atoms with Crippen LogP contribution in [0.5, 0.6) is 0 Å². The minimum absolute atomic E-state index is 0.0905. The summed E-state index contributed by atoms with van der Waals surface area (Å²) in [5.74, 6) is 0.725. The van der Waals surface area contributed by atoms with E-state index < -0.39 is 7.60 Å². The second kappa shape index (κ2) is 5.62. The van der Waals surface area contributed by atoms with Crippen molar-refractivity contribution < 1.29 is 14.4 Å². The van der Waals surface area contributed by atoms with Crippen molar-refractivity contribution in [1.29, 1.82) is 0 Å². The number of hydrogen-bond donors (Lipinski definition) is 3. The molecule has 0 saturated heterocycles. The van der Waals surface area contributed by atoms with Gasteiger partial charge in [-0.05, 0) is 5.41 Å². The number of imidazole rings is 2. The number of anilines is 1. The summed E-state index contributed by atoms with van der Waals surface area (Å²) >= 11 is 0. The lowest BCUT2D eigenvalue weighted by Crippen LogP contribution is -2.19. The van der Waals surface area contributed by atoms with Crippen LogP contribution in [0.15, 0.2) is 12.5 Å². The Hall–Kier alpha value is -2.29. The summed E-state index contributed by atoms with van der Waals surface area (Å²) in [5.41, 5.74) is 6.97. The number of hydrogen-bond acceptors (Lipinski definition) is 6. The molecule has 0 aliphatic carbocycles. The van der Waals surface area contributed by atoms with E-state index in [1.54, 1.807) is 0 Å². The Morgan fingerprint density at radius 3 is 2.48 bits per heavy atom. The van der Waals surface area contributed by atoms with Crippen LogP contribution in [0.2, 0.25) is 0 Å². The molecular formula is C14H20N7O3P. The molecule has 0 saturated carbocycles. The molecule has 0 aliphatic rings. The summed E-state index contributed by atoms with van der Waals surface area (Å²) in [6.07, 6.45) is 2.75. The van der Waals surface area contributed by atoms with Gasteiger partial charge in [-0.15, -0.1) is 0 Å². The average Bonchev–Trinajstić information content (AvgIpc) is 2.99. The first-order valence-corrected chi connectivity index (χ1v) is 9.15. The molecule has 0 bridgehead atoms. The van der Waals surface area contributed by atoms with Gasteiger partial charge in [-0.3, -0.25) is 4.57 Å². The third-order valence-corrected chi connectivity index (χ3v) is 4.58. The highest BCUT2D eigenvalue weighted by Crippen LogP contribution is 2.35. The quantitative estimate of drug-likeness (QED) is 0.574. The van der Waals surface area contributed by atoms with Crippen LogP contribution in [-0.2, 0) is 18.2 Å². The standard InChI is InChI=1S/C14H20N7O3P/c1-14(2,3)6-21-11(19-9-10(15)17-7-18-12(9)21)8-5-16-13(20(8)4)25(22,23)24/h5,7H,6H2,1-4H3,(H2,15,17,18)(H2,22,23,24).